The number of aliphatic carboxylic acids is 1. The molecule has 1 fully saturated rings. The van der Waals surface area contributed by atoms with Gasteiger partial charge in [0, 0.05) is 31.1 Å². The first-order valence-electron chi connectivity index (χ1n) is 8.29. The molecule has 1 saturated carbocycles. The SMILES string of the molecule is CCOC1CC(NC(=O)c2cc(NC(C)=O)ccc2F)(C(=O)O)C1(C)C. The number of hydrogen-bond acceptors (Lipinski definition) is 4. The van der Waals surface area contributed by atoms with E-state index in [1.807, 2.05) is 0 Å². The van der Waals surface area contributed by atoms with Crippen molar-refractivity contribution in [3.8, 4) is 0 Å². The van der Waals surface area contributed by atoms with Crippen LogP contribution in [0.2, 0.25) is 0 Å². The predicted molar refractivity (Wildman–Crippen MR) is 92.3 cm³/mol. The number of benzene rings is 1. The predicted octanol–water partition coefficient (Wildman–Crippen LogP) is 2.17. The molecule has 1 aromatic rings. The Bertz CT molecular complexity index is 749. The van der Waals surface area contributed by atoms with Crippen LogP contribution in [0, 0.1) is 11.2 Å². The zero-order valence-electron chi connectivity index (χ0n) is 15.2. The van der Waals surface area contributed by atoms with Crippen molar-refractivity contribution in [2.45, 2.75) is 45.8 Å². The van der Waals surface area contributed by atoms with Crippen molar-refractivity contribution in [3.05, 3.63) is 29.6 Å². The maximum Gasteiger partial charge on any atom is 0.330 e. The van der Waals surface area contributed by atoms with Gasteiger partial charge >= 0.3 is 5.97 Å². The number of rotatable bonds is 6. The highest BCUT2D eigenvalue weighted by Crippen LogP contribution is 2.51. The van der Waals surface area contributed by atoms with Gasteiger partial charge in [0.1, 0.15) is 11.4 Å². The summed E-state index contributed by atoms with van der Waals surface area (Å²) >= 11 is 0. The van der Waals surface area contributed by atoms with Gasteiger partial charge in [-0.15, -0.1) is 0 Å². The Morgan fingerprint density at radius 3 is 2.50 bits per heavy atom. The molecule has 2 rings (SSSR count). The average molecular weight is 366 g/mol. The maximum absolute atomic E-state index is 14.1. The molecule has 7 nitrogen and oxygen atoms in total. The summed E-state index contributed by atoms with van der Waals surface area (Å²) in [6.07, 6.45) is -0.249. The molecule has 0 bridgehead atoms. The van der Waals surface area contributed by atoms with E-state index in [4.69, 9.17) is 4.74 Å². The lowest BCUT2D eigenvalue weighted by atomic mass is 9.54. The quantitative estimate of drug-likeness (QED) is 0.716. The third-order valence-corrected chi connectivity index (χ3v) is 4.99. The first kappa shape index (κ1) is 19.8. The molecule has 0 saturated heterocycles. The lowest BCUT2D eigenvalue weighted by molar-refractivity contribution is -0.190. The number of halogens is 1. The second-order valence-corrected chi connectivity index (χ2v) is 6.91. The molecule has 8 heteroatoms. The van der Waals surface area contributed by atoms with Gasteiger partial charge in [-0.1, -0.05) is 13.8 Å². The van der Waals surface area contributed by atoms with Crippen molar-refractivity contribution in [2.24, 2.45) is 5.41 Å². The van der Waals surface area contributed by atoms with Crippen molar-refractivity contribution in [1.82, 2.24) is 5.32 Å². The van der Waals surface area contributed by atoms with E-state index in [1.54, 1.807) is 20.8 Å². The summed E-state index contributed by atoms with van der Waals surface area (Å²) in [7, 11) is 0. The highest BCUT2D eigenvalue weighted by Gasteiger charge is 2.66. The standard InChI is InChI=1S/C18H23FN2O5/c1-5-26-14-9-18(16(24)25,17(14,3)4)21-15(23)12-8-11(20-10(2)22)6-7-13(12)19/h6-8,14H,5,9H2,1-4H3,(H,20,22)(H,21,23)(H,24,25). The molecule has 2 amide bonds. The summed E-state index contributed by atoms with van der Waals surface area (Å²) in [4.78, 5) is 35.7. The van der Waals surface area contributed by atoms with Crippen molar-refractivity contribution in [1.29, 1.82) is 0 Å². The van der Waals surface area contributed by atoms with Crippen LogP contribution in [0.1, 0.15) is 44.5 Å². The Balaban J connectivity index is 2.30. The van der Waals surface area contributed by atoms with Crippen LogP contribution in [0.25, 0.3) is 0 Å². The molecule has 0 aliphatic heterocycles. The number of hydrogen-bond donors (Lipinski definition) is 3. The molecule has 0 heterocycles. The van der Waals surface area contributed by atoms with Gasteiger partial charge in [0.25, 0.3) is 5.91 Å². The number of ether oxygens (including phenoxy) is 1. The molecule has 0 aromatic heterocycles. The summed E-state index contributed by atoms with van der Waals surface area (Å²) in [5.41, 5.74) is -2.54. The molecule has 2 atom stereocenters. The fourth-order valence-corrected chi connectivity index (χ4v) is 3.28. The van der Waals surface area contributed by atoms with Crippen LogP contribution >= 0.6 is 0 Å². The average Bonchev–Trinajstić information content (AvgIpc) is 2.54. The smallest absolute Gasteiger partial charge is 0.330 e. The summed E-state index contributed by atoms with van der Waals surface area (Å²) in [5, 5.41) is 14.7. The molecule has 0 radical (unpaired) electrons. The summed E-state index contributed by atoms with van der Waals surface area (Å²) in [5.74, 6) is -3.24. The Labute approximate surface area is 150 Å². The molecule has 1 aromatic carbocycles. The van der Waals surface area contributed by atoms with Crippen molar-refractivity contribution >= 4 is 23.5 Å². The largest absolute Gasteiger partial charge is 0.479 e. The van der Waals surface area contributed by atoms with E-state index in [2.05, 4.69) is 10.6 Å². The Morgan fingerprint density at radius 1 is 1.35 bits per heavy atom. The highest BCUT2D eigenvalue weighted by molar-refractivity contribution is 6.00. The molecule has 3 N–H and O–H groups in total. The molecule has 0 spiro atoms. The second-order valence-electron chi connectivity index (χ2n) is 6.91. The first-order chi connectivity index (χ1) is 12.0. The molecule has 142 valence electrons. The highest BCUT2D eigenvalue weighted by atomic mass is 19.1. The van der Waals surface area contributed by atoms with E-state index in [9.17, 15) is 23.9 Å². The summed E-state index contributed by atoms with van der Waals surface area (Å²) < 4.78 is 19.6. The number of carbonyl (C=O) groups excluding carboxylic acids is 2. The normalized spacial score (nSPS) is 23.7. The number of carbonyl (C=O) groups is 3. The summed E-state index contributed by atoms with van der Waals surface area (Å²) in [6, 6.07) is 3.54. The minimum absolute atomic E-state index is 0.0852. The van der Waals surface area contributed by atoms with Crippen LogP contribution in [0.4, 0.5) is 10.1 Å². The number of carboxylic acids is 1. The topological polar surface area (TPSA) is 105 Å². The fourth-order valence-electron chi connectivity index (χ4n) is 3.28. The van der Waals surface area contributed by atoms with Crippen LogP contribution in [-0.4, -0.2) is 41.1 Å². The van der Waals surface area contributed by atoms with E-state index >= 15 is 0 Å². The number of anilines is 1. The third kappa shape index (κ3) is 3.29. The van der Waals surface area contributed by atoms with Crippen LogP contribution in [0.3, 0.4) is 0 Å². The Hall–Kier alpha value is -2.48. The van der Waals surface area contributed by atoms with E-state index in [0.29, 0.717) is 6.61 Å². The van der Waals surface area contributed by atoms with Crippen molar-refractivity contribution in [2.75, 3.05) is 11.9 Å². The van der Waals surface area contributed by atoms with E-state index in [-0.39, 0.29) is 29.7 Å². The van der Waals surface area contributed by atoms with Gasteiger partial charge in [-0.05, 0) is 25.1 Å². The van der Waals surface area contributed by atoms with Crippen LogP contribution < -0.4 is 10.6 Å². The van der Waals surface area contributed by atoms with Crippen molar-refractivity contribution < 1.29 is 28.6 Å². The van der Waals surface area contributed by atoms with Gasteiger partial charge in [-0.2, -0.15) is 0 Å². The van der Waals surface area contributed by atoms with Gasteiger partial charge in [0.15, 0.2) is 0 Å². The lowest BCUT2D eigenvalue weighted by Crippen LogP contribution is -2.76. The van der Waals surface area contributed by atoms with E-state index in [0.717, 1.165) is 6.07 Å². The van der Waals surface area contributed by atoms with Crippen LogP contribution in [0.15, 0.2) is 18.2 Å². The minimum atomic E-state index is -1.57. The number of carboxylic acid groups (broad SMARTS) is 1. The Morgan fingerprint density at radius 2 is 2.00 bits per heavy atom. The molecule has 2 unspecified atom stereocenters. The van der Waals surface area contributed by atoms with Gasteiger partial charge in [0.2, 0.25) is 5.91 Å². The minimum Gasteiger partial charge on any atom is -0.479 e. The zero-order valence-corrected chi connectivity index (χ0v) is 15.2. The maximum atomic E-state index is 14.1. The second kappa shape index (κ2) is 7.03. The lowest BCUT2D eigenvalue weighted by Gasteiger charge is -2.58. The van der Waals surface area contributed by atoms with Crippen LogP contribution in [-0.2, 0) is 14.3 Å². The third-order valence-electron chi connectivity index (χ3n) is 4.99. The zero-order chi connectivity index (χ0) is 19.7. The molecular weight excluding hydrogens is 343 g/mol. The van der Waals surface area contributed by atoms with Gasteiger partial charge < -0.3 is 20.5 Å². The monoisotopic (exact) mass is 366 g/mol. The molecule has 1 aliphatic rings. The summed E-state index contributed by atoms with van der Waals surface area (Å²) in [6.45, 7) is 6.89. The van der Waals surface area contributed by atoms with Crippen LogP contribution in [0.5, 0.6) is 0 Å². The fraction of sp³-hybridized carbons (Fsp3) is 0.500. The van der Waals surface area contributed by atoms with Crippen molar-refractivity contribution in [3.63, 3.8) is 0 Å². The van der Waals surface area contributed by atoms with Gasteiger partial charge in [-0.3, -0.25) is 9.59 Å². The Kier molecular flexibility index (Phi) is 5.36. The van der Waals surface area contributed by atoms with Gasteiger partial charge in [0.05, 0.1) is 11.7 Å². The number of amides is 2. The van der Waals surface area contributed by atoms with E-state index < -0.39 is 28.6 Å². The first-order valence-corrected chi connectivity index (χ1v) is 8.29. The number of nitrogens with one attached hydrogen (secondary N) is 2. The molecular formula is C18H23FN2O5. The molecule has 1 aliphatic carbocycles. The van der Waals surface area contributed by atoms with E-state index in [1.165, 1.54) is 19.1 Å². The molecule has 26 heavy (non-hydrogen) atoms. The van der Waals surface area contributed by atoms with Gasteiger partial charge in [-0.25, -0.2) is 9.18 Å².